The summed E-state index contributed by atoms with van der Waals surface area (Å²) < 4.78 is 48.1. The van der Waals surface area contributed by atoms with E-state index in [-0.39, 0.29) is 89.1 Å². The van der Waals surface area contributed by atoms with Crippen LogP contribution in [0, 0.1) is 38.2 Å². The Hall–Kier alpha value is -13.2. The number of aromatic nitrogens is 12. The number of Topliss-reactive ketones (excluding diaryl/α,β-unsaturated/α-hetero) is 3. The number of amides is 3. The van der Waals surface area contributed by atoms with Gasteiger partial charge in [0.05, 0.1) is 51.0 Å². The summed E-state index contributed by atoms with van der Waals surface area (Å²) in [6.07, 6.45) is 15.5. The number of hydrogen-bond acceptors (Lipinski definition) is 18. The Labute approximate surface area is 656 Å². The monoisotopic (exact) mass is 1540 g/mol. The van der Waals surface area contributed by atoms with E-state index in [0.29, 0.717) is 132 Å². The SMILES string of the molecule is C=CC(=O)N1CCCC(n2nc(-c3ccc(CCC(=O)c4cc(C)ccc4F)cc3)c3c(N)ncnc32)C1.C=CC(=O)N1CCCC(n2nc(-c3ccc(CCC(=O)c4ccc(C)cc4F)cc3)c3c(N)ncnc32)C1.C=CC(=O)N1CCCC(n2nc(-c3ccc(CCC(=O)c4cccc(C)c4F)cc3)c3c(N)ncnc32)C1. The molecule has 0 spiro atoms. The molecule has 0 saturated carbocycles. The zero-order chi connectivity index (χ0) is 80.4. The number of carbonyl (C=O) groups excluding carboxylic acids is 6. The van der Waals surface area contributed by atoms with Gasteiger partial charge in [-0.25, -0.2) is 57.1 Å². The number of benzene rings is 6. The van der Waals surface area contributed by atoms with Gasteiger partial charge in [-0.3, -0.25) is 28.8 Å². The van der Waals surface area contributed by atoms with Crippen molar-refractivity contribution in [3.05, 3.63) is 252 Å². The topological polar surface area (TPSA) is 321 Å². The van der Waals surface area contributed by atoms with Gasteiger partial charge in [-0.1, -0.05) is 122 Å². The van der Waals surface area contributed by atoms with Gasteiger partial charge >= 0.3 is 0 Å². The number of carbonyl (C=O) groups is 6. The number of halogens is 3. The summed E-state index contributed by atoms with van der Waals surface area (Å²) in [7, 11) is 0. The second kappa shape index (κ2) is 35.0. The standard InChI is InChI=1S/3C29H29FN6O2/c1-3-24(38)35-15-5-7-21(16-35)36-29-25(28(31)32-17-33-29)27(34-36)20-12-9-19(10-13-20)11-14-23(37)22-8-4-6-18(2)26(22)30;1-3-25(38)35-14-4-5-21(16-35)36-29-26(28(31)32-17-33-29)27(34-36)20-10-7-19(8-11-20)9-13-24(37)22-15-18(2)6-12-23(22)30;1-3-25(38)35-14-4-5-21(16-35)36-29-26(28(31)32-17-33-29)27(34-36)20-10-7-19(8-11-20)9-13-24(37)22-12-6-18(2)15-23(22)30/h3-4,6,8-10,12-13,17,21H,1,5,7,11,14-16H2,2H3,(H2,31,32,33);2*3,6-8,10-12,15,17,21H,1,4-5,9,13-14,16H2,2H3,(H2,31,32,33). The first kappa shape index (κ1) is 78.9. The van der Waals surface area contributed by atoms with Gasteiger partial charge in [0.15, 0.2) is 34.3 Å². The van der Waals surface area contributed by atoms with Crippen LogP contribution in [-0.2, 0) is 33.6 Å². The van der Waals surface area contributed by atoms with Crippen LogP contribution in [0.1, 0.15) is 140 Å². The molecule has 6 aromatic heterocycles. The molecule has 3 unspecified atom stereocenters. The first-order valence-corrected chi connectivity index (χ1v) is 37.9. The zero-order valence-corrected chi connectivity index (χ0v) is 63.7. The van der Waals surface area contributed by atoms with Crippen LogP contribution in [0.3, 0.4) is 0 Å². The van der Waals surface area contributed by atoms with E-state index in [2.05, 4.69) is 49.6 Å². The van der Waals surface area contributed by atoms with Crippen molar-refractivity contribution in [3.8, 4) is 33.8 Å². The number of nitrogens with two attached hydrogens (primary N) is 3. The molecule has 3 fully saturated rings. The average molecular weight is 1540 g/mol. The van der Waals surface area contributed by atoms with Gasteiger partial charge in [-0.15, -0.1) is 0 Å². The summed E-state index contributed by atoms with van der Waals surface area (Å²) in [6.45, 7) is 19.7. The van der Waals surface area contributed by atoms with Gasteiger partial charge in [0.2, 0.25) is 17.7 Å². The smallest absolute Gasteiger partial charge is 0.246 e. The molecule has 12 aromatic rings. The molecule has 3 atom stereocenters. The highest BCUT2D eigenvalue weighted by molar-refractivity contribution is 6.02. The Morgan fingerprint density at radius 3 is 1.14 bits per heavy atom. The summed E-state index contributed by atoms with van der Waals surface area (Å²) in [5.41, 5.74) is 30.5. The molecule has 9 heterocycles. The van der Waals surface area contributed by atoms with E-state index in [4.69, 9.17) is 32.5 Å². The highest BCUT2D eigenvalue weighted by Crippen LogP contribution is 2.38. The molecule has 15 rings (SSSR count). The van der Waals surface area contributed by atoms with Crippen LogP contribution in [0.5, 0.6) is 0 Å². The molecule has 27 heteroatoms. The number of hydrogen-bond donors (Lipinski definition) is 3. The van der Waals surface area contributed by atoms with Crippen molar-refractivity contribution >= 4 is 85.6 Å². The summed E-state index contributed by atoms with van der Waals surface area (Å²) in [5, 5.41) is 16.7. The van der Waals surface area contributed by atoms with Crippen LogP contribution in [-0.4, -0.2) is 148 Å². The van der Waals surface area contributed by atoms with Crippen LogP contribution >= 0.6 is 0 Å². The van der Waals surface area contributed by atoms with Gasteiger partial charge in [-0.2, -0.15) is 15.3 Å². The number of nitrogens with zero attached hydrogens (tertiary/aromatic N) is 15. The summed E-state index contributed by atoms with van der Waals surface area (Å²) in [4.78, 5) is 106. The number of ketones is 3. The van der Waals surface area contributed by atoms with Gasteiger partial charge in [0.25, 0.3) is 0 Å². The molecule has 24 nitrogen and oxygen atoms in total. The molecule has 582 valence electrons. The number of piperidine rings is 3. The molecule has 3 aliphatic rings. The van der Waals surface area contributed by atoms with E-state index in [0.717, 1.165) is 83.0 Å². The Morgan fingerprint density at radius 2 is 0.772 bits per heavy atom. The second-order valence-corrected chi connectivity index (χ2v) is 28.9. The average Bonchev–Trinajstić information content (AvgIpc) is 1.62. The third kappa shape index (κ3) is 17.3. The van der Waals surface area contributed by atoms with E-state index < -0.39 is 17.5 Å². The predicted molar refractivity (Wildman–Crippen MR) is 432 cm³/mol. The Morgan fingerprint density at radius 1 is 0.421 bits per heavy atom. The molecule has 3 saturated heterocycles. The zero-order valence-electron chi connectivity index (χ0n) is 63.7. The minimum absolute atomic E-state index is 0.0503. The summed E-state index contributed by atoms with van der Waals surface area (Å²) in [6, 6.07) is 37.2. The van der Waals surface area contributed by atoms with Gasteiger partial charge in [0, 0.05) is 75.2 Å². The van der Waals surface area contributed by atoms with Crippen LogP contribution in [0.15, 0.2) is 184 Å². The first-order valence-electron chi connectivity index (χ1n) is 37.9. The van der Waals surface area contributed by atoms with Gasteiger partial charge in [-0.05, 0) is 155 Å². The molecule has 6 N–H and O–H groups in total. The number of nitrogen functional groups attached to an aromatic ring is 3. The van der Waals surface area contributed by atoms with E-state index in [1.807, 2.05) is 93.8 Å². The molecule has 0 radical (unpaired) electrons. The third-order valence-electron chi connectivity index (χ3n) is 21.2. The Bertz CT molecular complexity index is 5500. The fraction of sp³-hybridized carbons (Fsp3) is 0.276. The molecule has 3 amide bonds. The van der Waals surface area contributed by atoms with E-state index in [9.17, 15) is 41.9 Å². The van der Waals surface area contributed by atoms with Crippen molar-refractivity contribution < 1.29 is 41.9 Å². The molecule has 114 heavy (non-hydrogen) atoms. The van der Waals surface area contributed by atoms with Crippen LogP contribution in [0.4, 0.5) is 30.6 Å². The van der Waals surface area contributed by atoms with Crippen molar-refractivity contribution in [3.63, 3.8) is 0 Å². The number of fused-ring (bicyclic) bond motifs is 3. The number of rotatable bonds is 21. The molecule has 0 aliphatic carbocycles. The molecule has 6 aromatic carbocycles. The van der Waals surface area contributed by atoms with E-state index in [1.165, 1.54) is 55.4 Å². The molecule has 3 aliphatic heterocycles. The fourth-order valence-electron chi connectivity index (χ4n) is 15.0. The molecular weight excluding hydrogens is 1450 g/mol. The van der Waals surface area contributed by atoms with Crippen LogP contribution < -0.4 is 17.2 Å². The lowest BCUT2D eigenvalue weighted by Gasteiger charge is -2.32. The maximum atomic E-state index is 14.3. The highest BCUT2D eigenvalue weighted by Gasteiger charge is 2.32. The highest BCUT2D eigenvalue weighted by atomic mass is 19.1. The molecule has 0 bridgehead atoms. The quantitative estimate of drug-likeness (QED) is 0.0444. The predicted octanol–water partition coefficient (Wildman–Crippen LogP) is 14.1. The largest absolute Gasteiger partial charge is 0.383 e. The van der Waals surface area contributed by atoms with Crippen molar-refractivity contribution in [2.75, 3.05) is 56.5 Å². The van der Waals surface area contributed by atoms with Crippen LogP contribution in [0.2, 0.25) is 0 Å². The fourth-order valence-corrected chi connectivity index (χ4v) is 15.0. The summed E-state index contributed by atoms with van der Waals surface area (Å²) >= 11 is 0. The van der Waals surface area contributed by atoms with E-state index >= 15 is 0 Å². The first-order chi connectivity index (χ1) is 55.1. The maximum absolute atomic E-state index is 14.3. The second-order valence-electron chi connectivity index (χ2n) is 28.9. The van der Waals surface area contributed by atoms with Gasteiger partial charge < -0.3 is 31.9 Å². The Kier molecular flexibility index (Phi) is 24.2. The van der Waals surface area contributed by atoms with E-state index in [1.54, 1.807) is 64.9 Å². The lowest BCUT2D eigenvalue weighted by molar-refractivity contribution is -0.128. The van der Waals surface area contributed by atoms with Crippen molar-refractivity contribution in [2.24, 2.45) is 0 Å². The Balaban J connectivity index is 0.000000149. The number of likely N-dealkylation sites (tertiary alicyclic amines) is 3. The molecular formula is C87H87F3N18O6. The minimum Gasteiger partial charge on any atom is -0.383 e. The third-order valence-corrected chi connectivity index (χ3v) is 21.2. The van der Waals surface area contributed by atoms with Crippen molar-refractivity contribution in [2.45, 2.75) is 116 Å². The van der Waals surface area contributed by atoms with Crippen LogP contribution in [0.25, 0.3) is 66.9 Å². The summed E-state index contributed by atoms with van der Waals surface area (Å²) in [5.74, 6) is -1.39. The number of aryl methyl sites for hydroxylation is 6. The van der Waals surface area contributed by atoms with Crippen molar-refractivity contribution in [1.29, 1.82) is 0 Å². The maximum Gasteiger partial charge on any atom is 0.246 e. The van der Waals surface area contributed by atoms with Gasteiger partial charge in [0.1, 0.15) is 71.0 Å². The normalized spacial score (nSPS) is 15.5. The lowest BCUT2D eigenvalue weighted by atomic mass is 9.99. The minimum atomic E-state index is -0.492. The van der Waals surface area contributed by atoms with Crippen molar-refractivity contribution in [1.82, 2.24) is 73.9 Å². The lowest BCUT2D eigenvalue weighted by Crippen LogP contribution is -2.40. The number of anilines is 3.